The third kappa shape index (κ3) is 3.66. The molecule has 0 saturated carbocycles. The van der Waals surface area contributed by atoms with E-state index < -0.39 is 11.5 Å². The standard InChI is InChI=1S/C17H17ClN2O4/c1-10-8-13(11-4-6-23-7-5-11)24-17(22)15(10)16(21)20-14-3-2-12(18)9-19-14/h2-3,8-9,11H,4-7H2,1H3,(H,19,20,21). The Morgan fingerprint density at radius 2 is 2.08 bits per heavy atom. The number of nitrogens with zero attached hydrogens (tertiary/aromatic N) is 1. The summed E-state index contributed by atoms with van der Waals surface area (Å²) in [5.41, 5.74) is -0.0651. The summed E-state index contributed by atoms with van der Waals surface area (Å²) >= 11 is 5.76. The van der Waals surface area contributed by atoms with Crippen molar-refractivity contribution in [1.29, 1.82) is 0 Å². The molecule has 0 atom stereocenters. The number of halogens is 1. The van der Waals surface area contributed by atoms with Crippen molar-refractivity contribution in [3.63, 3.8) is 0 Å². The van der Waals surface area contributed by atoms with Crippen LogP contribution in [-0.4, -0.2) is 24.1 Å². The summed E-state index contributed by atoms with van der Waals surface area (Å²) in [6, 6.07) is 4.93. The molecule has 7 heteroatoms. The Morgan fingerprint density at radius 3 is 2.71 bits per heavy atom. The second-order valence-corrected chi connectivity index (χ2v) is 6.13. The number of pyridine rings is 1. The number of carbonyl (C=O) groups is 1. The molecule has 0 aliphatic carbocycles. The Balaban J connectivity index is 1.83. The average molecular weight is 349 g/mol. The molecule has 1 fully saturated rings. The van der Waals surface area contributed by atoms with Gasteiger partial charge < -0.3 is 14.5 Å². The summed E-state index contributed by atoms with van der Waals surface area (Å²) in [5.74, 6) is 0.536. The van der Waals surface area contributed by atoms with Crippen molar-refractivity contribution in [3.05, 3.63) is 56.7 Å². The van der Waals surface area contributed by atoms with Crippen LogP contribution in [0.2, 0.25) is 5.02 Å². The predicted molar refractivity (Wildman–Crippen MR) is 89.7 cm³/mol. The van der Waals surface area contributed by atoms with Gasteiger partial charge in [-0.25, -0.2) is 9.78 Å². The number of aromatic nitrogens is 1. The molecule has 0 radical (unpaired) electrons. The van der Waals surface area contributed by atoms with Gasteiger partial charge in [0.05, 0.1) is 5.02 Å². The van der Waals surface area contributed by atoms with E-state index in [9.17, 15) is 9.59 Å². The van der Waals surface area contributed by atoms with Crippen LogP contribution >= 0.6 is 11.6 Å². The normalized spacial score (nSPS) is 15.2. The number of anilines is 1. The molecule has 126 valence electrons. The van der Waals surface area contributed by atoms with Gasteiger partial charge in [-0.2, -0.15) is 0 Å². The van der Waals surface area contributed by atoms with E-state index in [4.69, 9.17) is 20.8 Å². The fraction of sp³-hybridized carbons (Fsp3) is 0.353. The summed E-state index contributed by atoms with van der Waals surface area (Å²) in [7, 11) is 0. The van der Waals surface area contributed by atoms with Crippen molar-refractivity contribution < 1.29 is 13.9 Å². The molecule has 0 spiro atoms. The largest absolute Gasteiger partial charge is 0.427 e. The molecule has 1 N–H and O–H groups in total. The van der Waals surface area contributed by atoms with E-state index in [2.05, 4.69) is 10.3 Å². The average Bonchev–Trinajstić information content (AvgIpc) is 2.57. The highest BCUT2D eigenvalue weighted by Gasteiger charge is 2.23. The quantitative estimate of drug-likeness (QED) is 0.921. The molecule has 3 rings (SSSR count). The third-order valence-electron chi connectivity index (χ3n) is 3.99. The van der Waals surface area contributed by atoms with Gasteiger partial charge in [0.1, 0.15) is 17.1 Å². The number of carbonyl (C=O) groups excluding carboxylic acids is 1. The Kier molecular flexibility index (Phi) is 4.97. The number of nitrogens with one attached hydrogen (secondary N) is 1. The summed E-state index contributed by atoms with van der Waals surface area (Å²) in [6.45, 7) is 3.03. The van der Waals surface area contributed by atoms with E-state index in [-0.39, 0.29) is 11.5 Å². The fourth-order valence-corrected chi connectivity index (χ4v) is 2.83. The molecule has 2 aromatic heterocycles. The number of hydrogen-bond donors (Lipinski definition) is 1. The minimum Gasteiger partial charge on any atom is -0.427 e. The molecule has 6 nitrogen and oxygen atoms in total. The Labute approximate surface area is 143 Å². The van der Waals surface area contributed by atoms with Gasteiger partial charge in [-0.05, 0) is 43.5 Å². The first-order valence-corrected chi connectivity index (χ1v) is 8.07. The van der Waals surface area contributed by atoms with Crippen molar-refractivity contribution >= 4 is 23.3 Å². The SMILES string of the molecule is Cc1cc(C2CCOCC2)oc(=O)c1C(=O)Nc1ccc(Cl)cn1. The van der Waals surface area contributed by atoms with E-state index in [1.54, 1.807) is 25.1 Å². The molecule has 0 bridgehead atoms. The second-order valence-electron chi connectivity index (χ2n) is 5.70. The lowest BCUT2D eigenvalue weighted by Gasteiger charge is -2.21. The maximum absolute atomic E-state index is 12.4. The fourth-order valence-electron chi connectivity index (χ4n) is 2.72. The van der Waals surface area contributed by atoms with Gasteiger partial charge in [0.15, 0.2) is 0 Å². The Hall–Kier alpha value is -2.18. The van der Waals surface area contributed by atoms with Gasteiger partial charge in [-0.3, -0.25) is 4.79 Å². The molecule has 0 unspecified atom stereocenters. The molecule has 3 heterocycles. The third-order valence-corrected chi connectivity index (χ3v) is 4.21. The number of hydrogen-bond acceptors (Lipinski definition) is 5. The van der Waals surface area contributed by atoms with Gasteiger partial charge in [0, 0.05) is 25.3 Å². The summed E-state index contributed by atoms with van der Waals surface area (Å²) in [4.78, 5) is 28.6. The second kappa shape index (κ2) is 7.15. The first-order valence-electron chi connectivity index (χ1n) is 7.70. The summed E-state index contributed by atoms with van der Waals surface area (Å²) < 4.78 is 10.7. The van der Waals surface area contributed by atoms with Gasteiger partial charge in [-0.1, -0.05) is 11.6 Å². The number of amides is 1. The molecule has 2 aromatic rings. The van der Waals surface area contributed by atoms with E-state index >= 15 is 0 Å². The van der Waals surface area contributed by atoms with E-state index in [0.29, 0.717) is 35.4 Å². The lowest BCUT2D eigenvalue weighted by atomic mass is 9.95. The van der Waals surface area contributed by atoms with Crippen LogP contribution in [0.1, 0.15) is 40.4 Å². The first-order chi connectivity index (χ1) is 11.5. The highest BCUT2D eigenvalue weighted by Crippen LogP contribution is 2.27. The summed E-state index contributed by atoms with van der Waals surface area (Å²) in [5, 5.41) is 3.04. The van der Waals surface area contributed by atoms with Crippen molar-refractivity contribution in [2.24, 2.45) is 0 Å². The van der Waals surface area contributed by atoms with Crippen molar-refractivity contribution in [2.75, 3.05) is 18.5 Å². The minimum atomic E-state index is -0.636. The first kappa shape index (κ1) is 16.7. The topological polar surface area (TPSA) is 81.4 Å². The van der Waals surface area contributed by atoms with Crippen LogP contribution in [-0.2, 0) is 4.74 Å². The molecule has 1 aliphatic heterocycles. The maximum atomic E-state index is 12.4. The van der Waals surface area contributed by atoms with Crippen LogP contribution in [0.3, 0.4) is 0 Å². The van der Waals surface area contributed by atoms with Crippen molar-refractivity contribution in [3.8, 4) is 0 Å². The molecular weight excluding hydrogens is 332 g/mol. The summed E-state index contributed by atoms with van der Waals surface area (Å²) in [6.07, 6.45) is 3.03. The Morgan fingerprint density at radius 1 is 1.33 bits per heavy atom. The maximum Gasteiger partial charge on any atom is 0.349 e. The molecule has 1 saturated heterocycles. The van der Waals surface area contributed by atoms with Crippen LogP contribution in [0.15, 0.2) is 33.6 Å². The monoisotopic (exact) mass is 348 g/mol. The predicted octanol–water partition coefficient (Wildman–Crippen LogP) is 3.14. The van der Waals surface area contributed by atoms with Gasteiger partial charge in [0.2, 0.25) is 0 Å². The molecular formula is C17H17ClN2O4. The van der Waals surface area contributed by atoms with Crippen molar-refractivity contribution in [1.82, 2.24) is 4.98 Å². The highest BCUT2D eigenvalue weighted by atomic mass is 35.5. The zero-order valence-corrected chi connectivity index (χ0v) is 13.9. The van der Waals surface area contributed by atoms with Gasteiger partial charge in [0.25, 0.3) is 5.91 Å². The zero-order valence-electron chi connectivity index (χ0n) is 13.2. The number of rotatable bonds is 3. The van der Waals surface area contributed by atoms with Crippen LogP contribution in [0.5, 0.6) is 0 Å². The number of ether oxygens (including phenoxy) is 1. The zero-order chi connectivity index (χ0) is 17.1. The van der Waals surface area contributed by atoms with Crippen LogP contribution in [0.4, 0.5) is 5.82 Å². The van der Waals surface area contributed by atoms with Gasteiger partial charge in [-0.15, -0.1) is 0 Å². The van der Waals surface area contributed by atoms with Crippen molar-refractivity contribution in [2.45, 2.75) is 25.7 Å². The van der Waals surface area contributed by atoms with E-state index in [0.717, 1.165) is 12.8 Å². The lowest BCUT2D eigenvalue weighted by Crippen LogP contribution is -2.24. The molecule has 24 heavy (non-hydrogen) atoms. The van der Waals surface area contributed by atoms with Crippen LogP contribution in [0.25, 0.3) is 0 Å². The Bertz CT molecular complexity index is 795. The molecule has 1 amide bonds. The van der Waals surface area contributed by atoms with E-state index in [1.807, 2.05) is 0 Å². The number of aryl methyl sites for hydroxylation is 1. The van der Waals surface area contributed by atoms with E-state index in [1.165, 1.54) is 6.20 Å². The minimum absolute atomic E-state index is 0.0115. The highest BCUT2D eigenvalue weighted by molar-refractivity contribution is 6.30. The smallest absolute Gasteiger partial charge is 0.349 e. The van der Waals surface area contributed by atoms with Gasteiger partial charge >= 0.3 is 5.63 Å². The van der Waals surface area contributed by atoms with Crippen LogP contribution in [0, 0.1) is 6.92 Å². The molecule has 1 aliphatic rings. The molecule has 0 aromatic carbocycles. The van der Waals surface area contributed by atoms with Crippen LogP contribution < -0.4 is 10.9 Å². The lowest BCUT2D eigenvalue weighted by molar-refractivity contribution is 0.0796.